The fourth-order valence-corrected chi connectivity index (χ4v) is 1.45. The van der Waals surface area contributed by atoms with E-state index in [2.05, 4.69) is 22.7 Å². The summed E-state index contributed by atoms with van der Waals surface area (Å²) in [7, 11) is 0. The van der Waals surface area contributed by atoms with E-state index in [0.717, 1.165) is 0 Å². The molecule has 0 radical (unpaired) electrons. The SMILES string of the molecule is S=C1NSC(S)N1. The Balaban J connectivity index is 2.40. The molecule has 1 aliphatic heterocycles. The van der Waals surface area contributed by atoms with Crippen LogP contribution in [-0.4, -0.2) is 9.82 Å². The van der Waals surface area contributed by atoms with E-state index in [-0.39, 0.29) is 4.71 Å². The third kappa shape index (κ3) is 1.40. The molecule has 2 N–H and O–H groups in total. The standard InChI is InChI=1S/C2H4N2S3/c5-1-3-2(6)7-4-1/h2,6H,(H2,3,4,5). The predicted molar refractivity (Wildman–Crippen MR) is 39.2 cm³/mol. The number of nitrogens with one attached hydrogen (secondary N) is 2. The van der Waals surface area contributed by atoms with Crippen LogP contribution in [0.3, 0.4) is 0 Å². The molecule has 0 amide bonds. The van der Waals surface area contributed by atoms with Crippen LogP contribution in [-0.2, 0) is 0 Å². The van der Waals surface area contributed by atoms with Crippen LogP contribution in [0.4, 0.5) is 0 Å². The lowest BCUT2D eigenvalue weighted by Gasteiger charge is -1.92. The van der Waals surface area contributed by atoms with Gasteiger partial charge in [-0.1, -0.05) is 0 Å². The summed E-state index contributed by atoms with van der Waals surface area (Å²) >= 11 is 10.2. The quantitative estimate of drug-likeness (QED) is 0.264. The average molecular weight is 152 g/mol. The van der Waals surface area contributed by atoms with Crippen LogP contribution in [0.2, 0.25) is 0 Å². The smallest absolute Gasteiger partial charge is 0.178 e. The Bertz CT molecular complexity index is 92.9. The van der Waals surface area contributed by atoms with Gasteiger partial charge in [0, 0.05) is 0 Å². The predicted octanol–water partition coefficient (Wildman–Crippen LogP) is 0.326. The number of hydrogen-bond donors (Lipinski definition) is 3. The van der Waals surface area contributed by atoms with Crippen molar-refractivity contribution in [1.29, 1.82) is 0 Å². The van der Waals surface area contributed by atoms with E-state index in [9.17, 15) is 0 Å². The number of thiol groups is 1. The summed E-state index contributed by atoms with van der Waals surface area (Å²) < 4.78 is 2.96. The zero-order valence-corrected chi connectivity index (χ0v) is 5.87. The highest BCUT2D eigenvalue weighted by Gasteiger charge is 2.12. The Labute approximate surface area is 57.0 Å². The molecule has 0 aromatic heterocycles. The first-order valence-electron chi connectivity index (χ1n) is 1.69. The van der Waals surface area contributed by atoms with Crippen LogP contribution < -0.4 is 10.0 Å². The van der Waals surface area contributed by atoms with Crippen molar-refractivity contribution in [3.8, 4) is 0 Å². The second-order valence-corrected chi connectivity index (χ2v) is 3.23. The maximum atomic E-state index is 4.70. The van der Waals surface area contributed by atoms with Gasteiger partial charge in [0.1, 0.15) is 4.71 Å². The Morgan fingerprint density at radius 3 is 2.71 bits per heavy atom. The second-order valence-electron chi connectivity index (χ2n) is 1.05. The van der Waals surface area contributed by atoms with Gasteiger partial charge in [-0.2, -0.15) is 0 Å². The van der Waals surface area contributed by atoms with Crippen LogP contribution in [0.15, 0.2) is 0 Å². The van der Waals surface area contributed by atoms with Crippen LogP contribution in [0.1, 0.15) is 0 Å². The minimum Gasteiger partial charge on any atom is -0.340 e. The molecular weight excluding hydrogens is 148 g/mol. The topological polar surface area (TPSA) is 24.1 Å². The highest BCUT2D eigenvalue weighted by atomic mass is 32.2. The lowest BCUT2D eigenvalue weighted by atomic mass is 11.1. The van der Waals surface area contributed by atoms with Crippen molar-refractivity contribution in [3.05, 3.63) is 0 Å². The van der Waals surface area contributed by atoms with Crippen molar-refractivity contribution in [3.63, 3.8) is 0 Å². The van der Waals surface area contributed by atoms with Gasteiger partial charge in [0.2, 0.25) is 0 Å². The molecule has 1 fully saturated rings. The van der Waals surface area contributed by atoms with E-state index in [1.54, 1.807) is 0 Å². The van der Waals surface area contributed by atoms with Gasteiger partial charge in [0.05, 0.1) is 0 Å². The molecule has 0 bridgehead atoms. The van der Waals surface area contributed by atoms with Gasteiger partial charge in [-0.3, -0.25) is 0 Å². The second kappa shape index (κ2) is 2.11. The average Bonchev–Trinajstić information content (AvgIpc) is 1.87. The lowest BCUT2D eigenvalue weighted by Crippen LogP contribution is -2.22. The molecule has 1 unspecified atom stereocenters. The molecule has 1 saturated heterocycles. The normalized spacial score (nSPS) is 29.3. The molecule has 7 heavy (non-hydrogen) atoms. The molecule has 0 saturated carbocycles. The molecule has 1 rings (SSSR count). The molecular formula is C2H4N2S3. The van der Waals surface area contributed by atoms with Gasteiger partial charge in [0.25, 0.3) is 0 Å². The molecule has 0 aromatic rings. The largest absolute Gasteiger partial charge is 0.340 e. The minimum atomic E-state index is 0.132. The Morgan fingerprint density at radius 2 is 2.57 bits per heavy atom. The summed E-state index contributed by atoms with van der Waals surface area (Å²) in [6.45, 7) is 0. The lowest BCUT2D eigenvalue weighted by molar-refractivity contribution is 1.11. The monoisotopic (exact) mass is 152 g/mol. The maximum absolute atomic E-state index is 4.70. The number of hydrogen-bond acceptors (Lipinski definition) is 3. The molecule has 0 spiro atoms. The van der Waals surface area contributed by atoms with E-state index in [1.165, 1.54) is 11.9 Å². The molecule has 1 heterocycles. The van der Waals surface area contributed by atoms with Gasteiger partial charge in [-0.15, -0.1) is 12.6 Å². The van der Waals surface area contributed by atoms with Crippen molar-refractivity contribution in [2.75, 3.05) is 0 Å². The van der Waals surface area contributed by atoms with Gasteiger partial charge < -0.3 is 10.0 Å². The molecule has 0 aliphatic carbocycles. The van der Waals surface area contributed by atoms with E-state index < -0.39 is 0 Å². The van der Waals surface area contributed by atoms with E-state index in [1.807, 2.05) is 0 Å². The molecule has 2 nitrogen and oxygen atoms in total. The molecule has 0 aromatic carbocycles. The van der Waals surface area contributed by atoms with Crippen molar-refractivity contribution < 1.29 is 0 Å². The Hall–Kier alpha value is 0.390. The van der Waals surface area contributed by atoms with E-state index >= 15 is 0 Å². The Kier molecular flexibility index (Phi) is 1.66. The highest BCUT2D eigenvalue weighted by Crippen LogP contribution is 2.11. The maximum Gasteiger partial charge on any atom is 0.178 e. The molecule has 1 aliphatic rings. The first kappa shape index (κ1) is 5.53. The van der Waals surface area contributed by atoms with Gasteiger partial charge >= 0.3 is 0 Å². The van der Waals surface area contributed by atoms with Crippen LogP contribution in [0, 0.1) is 0 Å². The van der Waals surface area contributed by atoms with Crippen LogP contribution >= 0.6 is 36.8 Å². The van der Waals surface area contributed by atoms with Crippen molar-refractivity contribution in [2.24, 2.45) is 0 Å². The zero-order valence-electron chi connectivity index (χ0n) is 3.34. The van der Waals surface area contributed by atoms with Gasteiger partial charge in [-0.25, -0.2) is 0 Å². The van der Waals surface area contributed by atoms with Crippen molar-refractivity contribution >= 4 is 41.9 Å². The van der Waals surface area contributed by atoms with Crippen LogP contribution in [0.25, 0.3) is 0 Å². The van der Waals surface area contributed by atoms with Gasteiger partial charge in [-0.05, 0) is 24.2 Å². The van der Waals surface area contributed by atoms with E-state index in [4.69, 9.17) is 12.2 Å². The van der Waals surface area contributed by atoms with Gasteiger partial charge in [0.15, 0.2) is 5.11 Å². The zero-order chi connectivity index (χ0) is 5.28. The summed E-state index contributed by atoms with van der Waals surface area (Å²) in [5, 5.41) is 3.54. The summed E-state index contributed by atoms with van der Waals surface area (Å²) in [4.78, 5) is 0. The molecule has 5 heteroatoms. The van der Waals surface area contributed by atoms with E-state index in [0.29, 0.717) is 5.11 Å². The fourth-order valence-electron chi connectivity index (χ4n) is 0.280. The number of rotatable bonds is 0. The number of thiocarbonyl (C=S) groups is 1. The third-order valence-corrected chi connectivity index (χ3v) is 1.98. The summed E-state index contributed by atoms with van der Waals surface area (Å²) in [5.41, 5.74) is 0. The highest BCUT2D eigenvalue weighted by molar-refractivity contribution is 8.10. The minimum absolute atomic E-state index is 0.132. The first-order chi connectivity index (χ1) is 3.29. The summed E-state index contributed by atoms with van der Waals surface area (Å²) in [5.74, 6) is 0. The van der Waals surface area contributed by atoms with Crippen LogP contribution in [0.5, 0.6) is 0 Å². The third-order valence-electron chi connectivity index (χ3n) is 0.518. The van der Waals surface area contributed by atoms with Crippen molar-refractivity contribution in [2.45, 2.75) is 4.71 Å². The molecule has 1 atom stereocenters. The summed E-state index contributed by atoms with van der Waals surface area (Å²) in [6.07, 6.45) is 0. The fraction of sp³-hybridized carbons (Fsp3) is 0.500. The molecule has 40 valence electrons. The Morgan fingerprint density at radius 1 is 1.86 bits per heavy atom. The van der Waals surface area contributed by atoms with Crippen molar-refractivity contribution in [1.82, 2.24) is 10.0 Å². The summed E-state index contributed by atoms with van der Waals surface area (Å²) in [6, 6.07) is 0. The first-order valence-corrected chi connectivity index (χ1v) is 3.50.